The number of nitrogens with zero attached hydrogens (tertiary/aromatic N) is 1. The Bertz CT molecular complexity index is 214. The Labute approximate surface area is 99.3 Å². The topological polar surface area (TPSA) is 38.5 Å². The van der Waals surface area contributed by atoms with E-state index in [1.165, 1.54) is 38.6 Å². The summed E-state index contributed by atoms with van der Waals surface area (Å²) in [5.74, 6) is 0. The summed E-state index contributed by atoms with van der Waals surface area (Å²) in [4.78, 5) is 2.63. The first-order valence-electron chi connectivity index (χ1n) is 6.81. The standard InChI is InChI=1S/C13H26N2O/c1-2-12-9-16-8-7-15(12)11-13(10-14)5-3-4-6-13/h12H,2-11,14H2,1H3. The van der Waals surface area contributed by atoms with E-state index in [-0.39, 0.29) is 0 Å². The molecule has 2 N–H and O–H groups in total. The Morgan fingerprint density at radius 1 is 1.38 bits per heavy atom. The van der Waals surface area contributed by atoms with Crippen molar-refractivity contribution in [3.63, 3.8) is 0 Å². The Kier molecular flexibility index (Phi) is 4.22. The molecular formula is C13H26N2O. The molecule has 2 aliphatic rings. The highest BCUT2D eigenvalue weighted by atomic mass is 16.5. The van der Waals surface area contributed by atoms with Crippen LogP contribution in [0.1, 0.15) is 39.0 Å². The molecule has 1 atom stereocenters. The average Bonchev–Trinajstić information content (AvgIpc) is 2.79. The van der Waals surface area contributed by atoms with Crippen molar-refractivity contribution in [2.45, 2.75) is 45.1 Å². The molecule has 1 saturated heterocycles. The molecule has 0 bridgehead atoms. The first-order chi connectivity index (χ1) is 7.79. The monoisotopic (exact) mass is 226 g/mol. The second kappa shape index (κ2) is 5.48. The molecule has 1 unspecified atom stereocenters. The predicted molar refractivity (Wildman–Crippen MR) is 66.4 cm³/mol. The SMILES string of the molecule is CCC1COCCN1CC1(CN)CCCC1. The summed E-state index contributed by atoms with van der Waals surface area (Å²) < 4.78 is 5.56. The van der Waals surface area contributed by atoms with E-state index in [4.69, 9.17) is 10.5 Å². The Hall–Kier alpha value is -0.120. The first kappa shape index (κ1) is 12.3. The van der Waals surface area contributed by atoms with E-state index in [0.717, 1.165) is 26.3 Å². The van der Waals surface area contributed by atoms with Gasteiger partial charge in [-0.25, -0.2) is 0 Å². The highest BCUT2D eigenvalue weighted by Gasteiger charge is 2.36. The molecule has 0 spiro atoms. The van der Waals surface area contributed by atoms with Gasteiger partial charge in [0.05, 0.1) is 13.2 Å². The molecule has 94 valence electrons. The summed E-state index contributed by atoms with van der Waals surface area (Å²) >= 11 is 0. The Morgan fingerprint density at radius 2 is 2.12 bits per heavy atom. The minimum absolute atomic E-state index is 0.421. The van der Waals surface area contributed by atoms with Crippen molar-refractivity contribution in [2.24, 2.45) is 11.1 Å². The van der Waals surface area contributed by atoms with E-state index in [1.54, 1.807) is 0 Å². The lowest BCUT2D eigenvalue weighted by Crippen LogP contribution is -2.51. The van der Waals surface area contributed by atoms with Gasteiger partial charge in [-0.1, -0.05) is 19.8 Å². The zero-order chi connectivity index (χ0) is 11.4. The lowest BCUT2D eigenvalue weighted by Gasteiger charge is -2.41. The van der Waals surface area contributed by atoms with Crippen LogP contribution in [0.2, 0.25) is 0 Å². The van der Waals surface area contributed by atoms with Crippen LogP contribution in [-0.4, -0.2) is 43.8 Å². The Morgan fingerprint density at radius 3 is 2.75 bits per heavy atom. The van der Waals surface area contributed by atoms with Gasteiger partial charge in [-0.05, 0) is 31.2 Å². The largest absolute Gasteiger partial charge is 0.378 e. The van der Waals surface area contributed by atoms with Crippen LogP contribution in [-0.2, 0) is 4.74 Å². The summed E-state index contributed by atoms with van der Waals surface area (Å²) in [5, 5.41) is 0. The van der Waals surface area contributed by atoms with E-state index < -0.39 is 0 Å². The zero-order valence-electron chi connectivity index (χ0n) is 10.6. The molecule has 0 aromatic rings. The van der Waals surface area contributed by atoms with E-state index in [1.807, 2.05) is 0 Å². The number of hydrogen-bond donors (Lipinski definition) is 1. The normalized spacial score (nSPS) is 30.8. The Balaban J connectivity index is 1.95. The van der Waals surface area contributed by atoms with E-state index >= 15 is 0 Å². The van der Waals surface area contributed by atoms with Crippen LogP contribution < -0.4 is 5.73 Å². The fourth-order valence-corrected chi connectivity index (χ4v) is 3.26. The first-order valence-corrected chi connectivity index (χ1v) is 6.81. The quantitative estimate of drug-likeness (QED) is 0.791. The second-order valence-corrected chi connectivity index (χ2v) is 5.52. The number of morpholine rings is 1. The fraction of sp³-hybridized carbons (Fsp3) is 1.00. The van der Waals surface area contributed by atoms with E-state index in [0.29, 0.717) is 11.5 Å². The van der Waals surface area contributed by atoms with Gasteiger partial charge < -0.3 is 10.5 Å². The lowest BCUT2D eigenvalue weighted by atomic mass is 9.85. The number of rotatable bonds is 4. The van der Waals surface area contributed by atoms with Crippen LogP contribution >= 0.6 is 0 Å². The maximum absolute atomic E-state index is 6.01. The van der Waals surface area contributed by atoms with Crippen molar-refractivity contribution in [3.05, 3.63) is 0 Å². The zero-order valence-corrected chi connectivity index (χ0v) is 10.6. The number of ether oxygens (including phenoxy) is 1. The van der Waals surface area contributed by atoms with Crippen LogP contribution in [0.3, 0.4) is 0 Å². The van der Waals surface area contributed by atoms with Gasteiger partial charge in [-0.3, -0.25) is 4.90 Å². The third-order valence-electron chi connectivity index (χ3n) is 4.46. The van der Waals surface area contributed by atoms with Crippen molar-refractivity contribution in [3.8, 4) is 0 Å². The smallest absolute Gasteiger partial charge is 0.0622 e. The minimum atomic E-state index is 0.421. The number of nitrogens with two attached hydrogens (primary N) is 1. The molecule has 1 aliphatic heterocycles. The molecule has 16 heavy (non-hydrogen) atoms. The third-order valence-corrected chi connectivity index (χ3v) is 4.46. The summed E-state index contributed by atoms with van der Waals surface area (Å²) in [5.41, 5.74) is 6.44. The van der Waals surface area contributed by atoms with Gasteiger partial charge in [-0.15, -0.1) is 0 Å². The predicted octanol–water partition coefficient (Wildman–Crippen LogP) is 1.62. The van der Waals surface area contributed by atoms with Crippen LogP contribution in [0.5, 0.6) is 0 Å². The molecule has 3 nitrogen and oxygen atoms in total. The molecule has 1 heterocycles. The average molecular weight is 226 g/mol. The van der Waals surface area contributed by atoms with Gasteiger partial charge in [0.25, 0.3) is 0 Å². The van der Waals surface area contributed by atoms with Gasteiger partial charge in [-0.2, -0.15) is 0 Å². The molecule has 2 fully saturated rings. The molecule has 0 amide bonds. The van der Waals surface area contributed by atoms with Crippen molar-refractivity contribution < 1.29 is 4.74 Å². The van der Waals surface area contributed by atoms with Crippen molar-refractivity contribution in [1.29, 1.82) is 0 Å². The molecule has 0 aromatic carbocycles. The van der Waals surface area contributed by atoms with Crippen molar-refractivity contribution >= 4 is 0 Å². The summed E-state index contributed by atoms with van der Waals surface area (Å²) in [6.07, 6.45) is 6.60. The van der Waals surface area contributed by atoms with Gasteiger partial charge in [0.1, 0.15) is 0 Å². The second-order valence-electron chi connectivity index (χ2n) is 5.52. The molecule has 0 radical (unpaired) electrons. The third kappa shape index (κ3) is 2.58. The van der Waals surface area contributed by atoms with E-state index in [9.17, 15) is 0 Å². The van der Waals surface area contributed by atoms with Crippen LogP contribution in [0.15, 0.2) is 0 Å². The van der Waals surface area contributed by atoms with Crippen molar-refractivity contribution in [2.75, 3.05) is 32.8 Å². The van der Waals surface area contributed by atoms with Crippen molar-refractivity contribution in [1.82, 2.24) is 4.90 Å². The molecule has 1 saturated carbocycles. The molecular weight excluding hydrogens is 200 g/mol. The number of hydrogen-bond acceptors (Lipinski definition) is 3. The van der Waals surface area contributed by atoms with Gasteiger partial charge in [0, 0.05) is 19.1 Å². The molecule has 0 aromatic heterocycles. The maximum atomic E-state index is 6.01. The fourth-order valence-electron chi connectivity index (χ4n) is 3.26. The summed E-state index contributed by atoms with van der Waals surface area (Å²) in [6.45, 7) is 7.23. The maximum Gasteiger partial charge on any atom is 0.0622 e. The van der Waals surface area contributed by atoms with Gasteiger partial charge in [0.15, 0.2) is 0 Å². The van der Waals surface area contributed by atoms with E-state index in [2.05, 4.69) is 11.8 Å². The van der Waals surface area contributed by atoms with Gasteiger partial charge >= 0.3 is 0 Å². The lowest BCUT2D eigenvalue weighted by molar-refractivity contribution is -0.0264. The van der Waals surface area contributed by atoms with Crippen LogP contribution in [0, 0.1) is 5.41 Å². The highest BCUT2D eigenvalue weighted by molar-refractivity contribution is 4.90. The molecule has 1 aliphatic carbocycles. The summed E-state index contributed by atoms with van der Waals surface area (Å²) in [7, 11) is 0. The molecule has 3 heteroatoms. The van der Waals surface area contributed by atoms with Crippen LogP contribution in [0.25, 0.3) is 0 Å². The minimum Gasteiger partial charge on any atom is -0.378 e. The van der Waals surface area contributed by atoms with Crippen LogP contribution in [0.4, 0.5) is 0 Å². The molecule has 2 rings (SSSR count). The summed E-state index contributed by atoms with van der Waals surface area (Å²) in [6, 6.07) is 0.623. The van der Waals surface area contributed by atoms with Gasteiger partial charge in [0.2, 0.25) is 0 Å². The highest BCUT2D eigenvalue weighted by Crippen LogP contribution is 2.38.